The fourth-order valence-electron chi connectivity index (χ4n) is 1.50. The number of amides is 1. The molecule has 2 N–H and O–H groups in total. The Morgan fingerprint density at radius 1 is 1.37 bits per heavy atom. The van der Waals surface area contributed by atoms with Crippen LogP contribution in [-0.4, -0.2) is 23.0 Å². The summed E-state index contributed by atoms with van der Waals surface area (Å²) in [6.45, 7) is 3.49. The first-order chi connectivity index (χ1) is 8.90. The van der Waals surface area contributed by atoms with Crippen LogP contribution in [0, 0.1) is 5.92 Å². The lowest BCUT2D eigenvalue weighted by Gasteiger charge is -2.16. The van der Waals surface area contributed by atoms with Crippen LogP contribution in [-0.2, 0) is 9.59 Å². The Hall–Kier alpha value is -1.62. The van der Waals surface area contributed by atoms with Gasteiger partial charge in [0, 0.05) is 10.5 Å². The molecule has 0 aliphatic rings. The van der Waals surface area contributed by atoms with Crippen LogP contribution in [0.25, 0.3) is 6.08 Å². The Kier molecular flexibility index (Phi) is 5.76. The predicted molar refractivity (Wildman–Crippen MR) is 77.6 cm³/mol. The summed E-state index contributed by atoms with van der Waals surface area (Å²) >= 11 is 3.34. The van der Waals surface area contributed by atoms with Crippen molar-refractivity contribution >= 4 is 33.9 Å². The van der Waals surface area contributed by atoms with Crippen LogP contribution in [0.1, 0.15) is 19.4 Å². The van der Waals surface area contributed by atoms with E-state index in [-0.39, 0.29) is 5.92 Å². The van der Waals surface area contributed by atoms with Crippen molar-refractivity contribution in [2.24, 2.45) is 5.92 Å². The molecule has 0 aliphatic heterocycles. The van der Waals surface area contributed by atoms with Gasteiger partial charge in [0.15, 0.2) is 0 Å². The van der Waals surface area contributed by atoms with Crippen LogP contribution < -0.4 is 5.32 Å². The first-order valence-corrected chi connectivity index (χ1v) is 6.66. The smallest absolute Gasteiger partial charge is 0.326 e. The number of hydrogen-bond donors (Lipinski definition) is 2. The summed E-state index contributed by atoms with van der Waals surface area (Å²) in [6.07, 6.45) is 2.97. The van der Waals surface area contributed by atoms with Gasteiger partial charge in [0.25, 0.3) is 0 Å². The predicted octanol–water partition coefficient (Wildman–Crippen LogP) is 2.69. The number of carbonyl (C=O) groups is 2. The molecule has 0 aromatic heterocycles. The molecular formula is C14H16BrNO3. The molecule has 4 nitrogen and oxygen atoms in total. The number of rotatable bonds is 5. The van der Waals surface area contributed by atoms with Crippen molar-refractivity contribution in [2.45, 2.75) is 19.9 Å². The molecular weight excluding hydrogens is 310 g/mol. The minimum Gasteiger partial charge on any atom is -0.480 e. The lowest BCUT2D eigenvalue weighted by Crippen LogP contribution is -2.43. The second-order valence-corrected chi connectivity index (χ2v) is 5.37. The lowest BCUT2D eigenvalue weighted by molar-refractivity contribution is -0.142. The zero-order chi connectivity index (χ0) is 14.4. The molecule has 1 amide bonds. The second-order valence-electron chi connectivity index (χ2n) is 4.46. The van der Waals surface area contributed by atoms with Crippen LogP contribution in [0.5, 0.6) is 0 Å². The summed E-state index contributed by atoms with van der Waals surface area (Å²) < 4.78 is 0.917. The molecule has 0 unspecified atom stereocenters. The van der Waals surface area contributed by atoms with Crippen molar-refractivity contribution in [3.8, 4) is 0 Å². The number of carboxylic acid groups (broad SMARTS) is 1. The van der Waals surface area contributed by atoms with Gasteiger partial charge in [-0.1, -0.05) is 41.9 Å². The topological polar surface area (TPSA) is 66.4 Å². The molecule has 5 heteroatoms. The van der Waals surface area contributed by atoms with Crippen LogP contribution >= 0.6 is 15.9 Å². The van der Waals surface area contributed by atoms with Gasteiger partial charge >= 0.3 is 5.97 Å². The summed E-state index contributed by atoms with van der Waals surface area (Å²) in [4.78, 5) is 22.6. The van der Waals surface area contributed by atoms with Gasteiger partial charge in [-0.05, 0) is 29.7 Å². The van der Waals surface area contributed by atoms with Crippen molar-refractivity contribution < 1.29 is 14.7 Å². The first kappa shape index (κ1) is 15.4. The minimum absolute atomic E-state index is 0.166. The Morgan fingerprint density at radius 3 is 2.58 bits per heavy atom. The van der Waals surface area contributed by atoms with E-state index in [9.17, 15) is 9.59 Å². The van der Waals surface area contributed by atoms with E-state index in [0.717, 1.165) is 10.0 Å². The van der Waals surface area contributed by atoms with Crippen molar-refractivity contribution in [3.63, 3.8) is 0 Å². The average Bonchev–Trinajstić information content (AvgIpc) is 2.32. The summed E-state index contributed by atoms with van der Waals surface area (Å²) in [7, 11) is 0. The molecule has 1 rings (SSSR count). The van der Waals surface area contributed by atoms with Gasteiger partial charge in [0.05, 0.1) is 0 Å². The quantitative estimate of drug-likeness (QED) is 0.818. The van der Waals surface area contributed by atoms with Crippen LogP contribution in [0.2, 0.25) is 0 Å². The average molecular weight is 326 g/mol. The van der Waals surface area contributed by atoms with E-state index in [2.05, 4.69) is 21.2 Å². The molecule has 0 bridgehead atoms. The Labute approximate surface area is 120 Å². The number of halogens is 1. The number of carbonyl (C=O) groups excluding carboxylic acids is 1. The summed E-state index contributed by atoms with van der Waals surface area (Å²) in [5.74, 6) is -1.61. The third-order valence-corrected chi connectivity index (χ3v) is 3.00. The number of hydrogen-bond acceptors (Lipinski definition) is 2. The highest BCUT2D eigenvalue weighted by Gasteiger charge is 2.22. The maximum Gasteiger partial charge on any atom is 0.326 e. The minimum atomic E-state index is -1.03. The molecule has 0 aliphatic carbocycles. The van der Waals surface area contributed by atoms with Crippen LogP contribution in [0.15, 0.2) is 34.8 Å². The maximum absolute atomic E-state index is 11.6. The van der Waals surface area contributed by atoms with E-state index >= 15 is 0 Å². The van der Waals surface area contributed by atoms with Crippen LogP contribution in [0.4, 0.5) is 0 Å². The summed E-state index contributed by atoms with van der Waals surface area (Å²) in [6, 6.07) is 6.58. The highest BCUT2D eigenvalue weighted by molar-refractivity contribution is 9.10. The van der Waals surface area contributed by atoms with Crippen molar-refractivity contribution in [1.29, 1.82) is 0 Å². The van der Waals surface area contributed by atoms with Gasteiger partial charge in [-0.3, -0.25) is 4.79 Å². The van der Waals surface area contributed by atoms with Gasteiger partial charge in [0.1, 0.15) is 6.04 Å². The molecule has 0 saturated carbocycles. The van der Waals surface area contributed by atoms with Crippen molar-refractivity contribution in [2.75, 3.05) is 0 Å². The van der Waals surface area contributed by atoms with Gasteiger partial charge in [0.2, 0.25) is 5.91 Å². The monoisotopic (exact) mass is 325 g/mol. The Balaban J connectivity index is 2.67. The zero-order valence-corrected chi connectivity index (χ0v) is 12.3. The first-order valence-electron chi connectivity index (χ1n) is 5.87. The zero-order valence-electron chi connectivity index (χ0n) is 10.8. The molecule has 102 valence electrons. The molecule has 0 spiro atoms. The molecule has 1 aromatic carbocycles. The molecule has 1 atom stereocenters. The number of carboxylic acids is 1. The van der Waals surface area contributed by atoms with E-state index in [1.807, 2.05) is 24.3 Å². The molecule has 0 heterocycles. The second kappa shape index (κ2) is 7.09. The number of benzene rings is 1. The van der Waals surface area contributed by atoms with E-state index in [1.54, 1.807) is 19.9 Å². The highest BCUT2D eigenvalue weighted by atomic mass is 79.9. The van der Waals surface area contributed by atoms with E-state index in [4.69, 9.17) is 5.11 Å². The van der Waals surface area contributed by atoms with Crippen LogP contribution in [0.3, 0.4) is 0 Å². The molecule has 0 saturated heterocycles. The van der Waals surface area contributed by atoms with E-state index < -0.39 is 17.9 Å². The SMILES string of the molecule is CC(C)[C@@H](NC(=O)C=Cc1cccc(Br)c1)C(=O)O. The largest absolute Gasteiger partial charge is 0.480 e. The Bertz CT molecular complexity index is 497. The van der Waals surface area contributed by atoms with E-state index in [1.165, 1.54) is 6.08 Å². The normalized spacial score (nSPS) is 12.6. The van der Waals surface area contributed by atoms with Crippen molar-refractivity contribution in [1.82, 2.24) is 5.32 Å². The fraction of sp³-hybridized carbons (Fsp3) is 0.286. The summed E-state index contributed by atoms with van der Waals surface area (Å²) in [5.41, 5.74) is 0.862. The van der Waals surface area contributed by atoms with Gasteiger partial charge in [-0.15, -0.1) is 0 Å². The lowest BCUT2D eigenvalue weighted by atomic mass is 10.0. The van der Waals surface area contributed by atoms with Crippen molar-refractivity contribution in [3.05, 3.63) is 40.4 Å². The Morgan fingerprint density at radius 2 is 2.05 bits per heavy atom. The molecule has 19 heavy (non-hydrogen) atoms. The highest BCUT2D eigenvalue weighted by Crippen LogP contribution is 2.12. The third-order valence-electron chi connectivity index (χ3n) is 2.51. The number of aliphatic carboxylic acids is 1. The molecule has 1 aromatic rings. The molecule has 0 radical (unpaired) electrons. The van der Waals surface area contributed by atoms with Gasteiger partial charge < -0.3 is 10.4 Å². The standard InChI is InChI=1S/C14H16BrNO3/c1-9(2)13(14(18)19)16-12(17)7-6-10-4-3-5-11(15)8-10/h3-9,13H,1-2H3,(H,16,17)(H,18,19)/t13-/m1/s1. The van der Waals surface area contributed by atoms with Gasteiger partial charge in [-0.25, -0.2) is 4.79 Å². The van der Waals surface area contributed by atoms with Gasteiger partial charge in [-0.2, -0.15) is 0 Å². The molecule has 0 fully saturated rings. The summed E-state index contributed by atoms with van der Waals surface area (Å²) in [5, 5.41) is 11.4. The maximum atomic E-state index is 11.6. The fourth-order valence-corrected chi connectivity index (χ4v) is 1.91. The third kappa shape index (κ3) is 5.26. The number of nitrogens with one attached hydrogen (secondary N) is 1. The van der Waals surface area contributed by atoms with E-state index in [0.29, 0.717) is 0 Å².